The quantitative estimate of drug-likeness (QED) is 0.644. The molecule has 1 aromatic heterocycles. The first-order valence-corrected chi connectivity index (χ1v) is 5.08. The van der Waals surface area contributed by atoms with Gasteiger partial charge in [-0.1, -0.05) is 0 Å². The van der Waals surface area contributed by atoms with Crippen molar-refractivity contribution in [2.75, 3.05) is 0 Å². The van der Waals surface area contributed by atoms with E-state index in [0.29, 0.717) is 6.54 Å². The van der Waals surface area contributed by atoms with Crippen LogP contribution in [-0.4, -0.2) is 21.1 Å². The number of phenols is 2. The number of hydrogen-bond acceptors (Lipinski definition) is 3. The maximum absolute atomic E-state index is 11.7. The number of phenolic OH excluding ortho intramolecular Hbond substituents is 2. The van der Waals surface area contributed by atoms with Crippen LogP contribution in [0.5, 0.6) is 11.5 Å². The first kappa shape index (κ1) is 11.1. The van der Waals surface area contributed by atoms with E-state index in [1.165, 1.54) is 18.2 Å². The molecule has 0 bridgehead atoms. The molecule has 88 valence electrons. The summed E-state index contributed by atoms with van der Waals surface area (Å²) in [5, 5.41) is 21.2. The molecule has 5 nitrogen and oxygen atoms in total. The van der Waals surface area contributed by atoms with Crippen LogP contribution in [0, 0.1) is 0 Å². The normalized spacial score (nSPS) is 10.1. The van der Waals surface area contributed by atoms with Crippen LogP contribution >= 0.6 is 0 Å². The lowest BCUT2D eigenvalue weighted by molar-refractivity contribution is 0.0950. The number of carbonyl (C=O) groups excluding carboxylic acids is 1. The topological polar surface area (TPSA) is 85.4 Å². The third-order valence-electron chi connectivity index (χ3n) is 2.28. The molecule has 1 heterocycles. The predicted octanol–water partition coefficient (Wildman–Crippen LogP) is 1.36. The standard InChI is InChI=1S/C12H12N2O3/c15-10-3-9(4-11(16)5-10)12(17)14-7-8-1-2-13-6-8/h1-6,13,15-16H,7H2,(H,14,17). The second-order valence-corrected chi connectivity index (χ2v) is 3.64. The second-order valence-electron chi connectivity index (χ2n) is 3.64. The fourth-order valence-electron chi connectivity index (χ4n) is 1.48. The first-order valence-electron chi connectivity index (χ1n) is 5.08. The van der Waals surface area contributed by atoms with Gasteiger partial charge in [0.2, 0.25) is 0 Å². The van der Waals surface area contributed by atoms with E-state index in [-0.39, 0.29) is 23.0 Å². The van der Waals surface area contributed by atoms with E-state index < -0.39 is 0 Å². The lowest BCUT2D eigenvalue weighted by Crippen LogP contribution is -2.22. The number of nitrogens with one attached hydrogen (secondary N) is 2. The molecule has 0 fully saturated rings. The number of aromatic amines is 1. The molecule has 0 aliphatic rings. The summed E-state index contributed by atoms with van der Waals surface area (Å²) in [7, 11) is 0. The molecule has 17 heavy (non-hydrogen) atoms. The highest BCUT2D eigenvalue weighted by molar-refractivity contribution is 5.94. The molecule has 2 rings (SSSR count). The number of H-pyrrole nitrogens is 1. The van der Waals surface area contributed by atoms with Gasteiger partial charge in [0.15, 0.2) is 0 Å². The Bertz CT molecular complexity index is 500. The monoisotopic (exact) mass is 232 g/mol. The SMILES string of the molecule is O=C(NCc1cc[nH]c1)c1cc(O)cc(O)c1. The van der Waals surface area contributed by atoms with Crippen LogP contribution in [0.15, 0.2) is 36.7 Å². The number of aromatic nitrogens is 1. The van der Waals surface area contributed by atoms with Crippen molar-refractivity contribution >= 4 is 5.91 Å². The van der Waals surface area contributed by atoms with Gasteiger partial charge in [0.05, 0.1) is 0 Å². The highest BCUT2D eigenvalue weighted by atomic mass is 16.3. The Kier molecular flexibility index (Phi) is 3.00. The maximum atomic E-state index is 11.7. The smallest absolute Gasteiger partial charge is 0.251 e. The van der Waals surface area contributed by atoms with Gasteiger partial charge in [0.1, 0.15) is 11.5 Å². The van der Waals surface area contributed by atoms with E-state index in [0.717, 1.165) is 5.56 Å². The molecule has 0 unspecified atom stereocenters. The molecular formula is C12H12N2O3. The summed E-state index contributed by atoms with van der Waals surface area (Å²) in [5.41, 5.74) is 1.17. The van der Waals surface area contributed by atoms with E-state index in [1.807, 2.05) is 6.07 Å². The van der Waals surface area contributed by atoms with Crippen LogP contribution in [0.1, 0.15) is 15.9 Å². The predicted molar refractivity (Wildman–Crippen MR) is 61.7 cm³/mol. The van der Waals surface area contributed by atoms with Crippen LogP contribution < -0.4 is 5.32 Å². The summed E-state index contributed by atoms with van der Waals surface area (Å²) < 4.78 is 0. The van der Waals surface area contributed by atoms with Gasteiger partial charge in [-0.3, -0.25) is 4.79 Å². The molecule has 0 radical (unpaired) electrons. The lowest BCUT2D eigenvalue weighted by atomic mass is 10.2. The summed E-state index contributed by atoms with van der Waals surface area (Å²) >= 11 is 0. The summed E-state index contributed by atoms with van der Waals surface area (Å²) in [5.74, 6) is -0.633. The Labute approximate surface area is 97.7 Å². The fraction of sp³-hybridized carbons (Fsp3) is 0.0833. The van der Waals surface area contributed by atoms with Gasteiger partial charge < -0.3 is 20.5 Å². The highest BCUT2D eigenvalue weighted by Crippen LogP contribution is 2.20. The summed E-state index contributed by atoms with van der Waals surface area (Å²) in [4.78, 5) is 14.6. The van der Waals surface area contributed by atoms with Gasteiger partial charge in [0.25, 0.3) is 5.91 Å². The third-order valence-corrected chi connectivity index (χ3v) is 2.28. The van der Waals surface area contributed by atoms with Crippen molar-refractivity contribution in [3.05, 3.63) is 47.8 Å². The molecule has 5 heteroatoms. The zero-order valence-corrected chi connectivity index (χ0v) is 8.97. The molecule has 0 aliphatic carbocycles. The number of aromatic hydroxyl groups is 2. The number of benzene rings is 1. The van der Waals surface area contributed by atoms with Crippen molar-refractivity contribution in [2.24, 2.45) is 0 Å². The van der Waals surface area contributed by atoms with E-state index in [2.05, 4.69) is 10.3 Å². The summed E-state index contributed by atoms with van der Waals surface area (Å²) in [6.45, 7) is 0.388. The van der Waals surface area contributed by atoms with Crippen LogP contribution in [0.3, 0.4) is 0 Å². The second kappa shape index (κ2) is 4.61. The minimum Gasteiger partial charge on any atom is -0.508 e. The molecule has 0 aliphatic heterocycles. The van der Waals surface area contributed by atoms with Gasteiger partial charge in [-0.15, -0.1) is 0 Å². The lowest BCUT2D eigenvalue weighted by Gasteiger charge is -2.05. The number of carbonyl (C=O) groups is 1. The molecule has 1 aromatic carbocycles. The first-order chi connectivity index (χ1) is 8.15. The number of amides is 1. The molecular weight excluding hydrogens is 220 g/mol. The zero-order valence-electron chi connectivity index (χ0n) is 8.97. The van der Waals surface area contributed by atoms with Crippen LogP contribution in [-0.2, 0) is 6.54 Å². The average molecular weight is 232 g/mol. The minimum absolute atomic E-state index is 0.142. The third kappa shape index (κ3) is 2.78. The number of hydrogen-bond donors (Lipinski definition) is 4. The Hall–Kier alpha value is -2.43. The van der Waals surface area contributed by atoms with E-state index in [1.54, 1.807) is 12.4 Å². The highest BCUT2D eigenvalue weighted by Gasteiger charge is 2.08. The largest absolute Gasteiger partial charge is 0.508 e. The van der Waals surface area contributed by atoms with E-state index in [4.69, 9.17) is 0 Å². The number of rotatable bonds is 3. The Morgan fingerprint density at radius 1 is 1.24 bits per heavy atom. The van der Waals surface area contributed by atoms with Crippen molar-refractivity contribution in [1.29, 1.82) is 0 Å². The van der Waals surface area contributed by atoms with Gasteiger partial charge in [-0.05, 0) is 23.8 Å². The van der Waals surface area contributed by atoms with Gasteiger partial charge in [-0.25, -0.2) is 0 Å². The molecule has 0 atom stereocenters. The minimum atomic E-state index is -0.350. The Morgan fingerprint density at radius 2 is 1.94 bits per heavy atom. The molecule has 1 amide bonds. The van der Waals surface area contributed by atoms with Crippen molar-refractivity contribution in [3.8, 4) is 11.5 Å². The van der Waals surface area contributed by atoms with Gasteiger partial charge in [-0.2, -0.15) is 0 Å². The van der Waals surface area contributed by atoms with Crippen LogP contribution in [0.25, 0.3) is 0 Å². The summed E-state index contributed by atoms with van der Waals surface area (Å²) in [6, 6.07) is 5.61. The van der Waals surface area contributed by atoms with E-state index >= 15 is 0 Å². The molecule has 2 aromatic rings. The van der Waals surface area contributed by atoms with Gasteiger partial charge in [0, 0.05) is 30.6 Å². The molecule has 0 spiro atoms. The van der Waals surface area contributed by atoms with Crippen LogP contribution in [0.4, 0.5) is 0 Å². The molecule has 0 saturated carbocycles. The van der Waals surface area contributed by atoms with Crippen molar-refractivity contribution in [1.82, 2.24) is 10.3 Å². The Balaban J connectivity index is 2.04. The molecule has 4 N–H and O–H groups in total. The van der Waals surface area contributed by atoms with Crippen LogP contribution in [0.2, 0.25) is 0 Å². The van der Waals surface area contributed by atoms with Crippen molar-refractivity contribution in [3.63, 3.8) is 0 Å². The van der Waals surface area contributed by atoms with E-state index in [9.17, 15) is 15.0 Å². The Morgan fingerprint density at radius 3 is 2.53 bits per heavy atom. The van der Waals surface area contributed by atoms with Gasteiger partial charge >= 0.3 is 0 Å². The fourth-order valence-corrected chi connectivity index (χ4v) is 1.48. The van der Waals surface area contributed by atoms with Crippen molar-refractivity contribution in [2.45, 2.75) is 6.54 Å². The molecule has 0 saturated heterocycles. The maximum Gasteiger partial charge on any atom is 0.251 e. The summed E-state index contributed by atoms with van der Waals surface area (Å²) in [6.07, 6.45) is 3.54. The zero-order chi connectivity index (χ0) is 12.3. The average Bonchev–Trinajstić information content (AvgIpc) is 2.77. The van der Waals surface area contributed by atoms with Crippen molar-refractivity contribution < 1.29 is 15.0 Å².